The van der Waals surface area contributed by atoms with Crippen LogP contribution in [0, 0.1) is 0 Å². The average molecular weight is 399 g/mol. The van der Waals surface area contributed by atoms with Crippen LogP contribution in [0.25, 0.3) is 5.76 Å². The number of rotatable bonds is 6. The molecule has 2 aromatic rings. The summed E-state index contributed by atoms with van der Waals surface area (Å²) in [5, 5.41) is 30.2. The Labute approximate surface area is 167 Å². The molecule has 8 nitrogen and oxygen atoms in total. The lowest BCUT2D eigenvalue weighted by atomic mass is 9.95. The van der Waals surface area contributed by atoms with Crippen LogP contribution in [0.1, 0.15) is 17.2 Å². The maximum atomic E-state index is 12.8. The highest BCUT2D eigenvalue weighted by molar-refractivity contribution is 6.46. The standard InChI is InChI=1S/C21H21NO7/c1-28-14-5-3-4-13(10-14)19(25)17-18(22(8-9-23)21(27)20(17)26)12-6-7-15(24)16(11-12)29-2/h3-7,10-11,18,23-25H,8-9H2,1-2H3/b19-17-. The summed E-state index contributed by atoms with van der Waals surface area (Å²) in [4.78, 5) is 26.5. The number of nitrogens with zero attached hydrogens (tertiary/aromatic N) is 1. The van der Waals surface area contributed by atoms with Crippen molar-refractivity contribution >= 4 is 17.4 Å². The van der Waals surface area contributed by atoms with Crippen molar-refractivity contribution in [3.05, 3.63) is 59.2 Å². The van der Waals surface area contributed by atoms with E-state index >= 15 is 0 Å². The number of carbonyl (C=O) groups excluding carboxylic acids is 2. The van der Waals surface area contributed by atoms with Crippen LogP contribution >= 0.6 is 0 Å². The van der Waals surface area contributed by atoms with E-state index in [-0.39, 0.29) is 36.0 Å². The molecule has 29 heavy (non-hydrogen) atoms. The molecule has 0 aliphatic carbocycles. The number of amides is 1. The average Bonchev–Trinajstić information content (AvgIpc) is 2.99. The zero-order chi connectivity index (χ0) is 21.1. The number of phenolic OH excluding ortho intramolecular Hbond substituents is 1. The number of ketones is 1. The number of likely N-dealkylation sites (tertiary alicyclic amines) is 1. The van der Waals surface area contributed by atoms with E-state index in [1.54, 1.807) is 24.3 Å². The molecule has 8 heteroatoms. The van der Waals surface area contributed by atoms with E-state index in [4.69, 9.17) is 9.47 Å². The maximum absolute atomic E-state index is 12.8. The lowest BCUT2D eigenvalue weighted by Crippen LogP contribution is -2.32. The third-order valence-electron chi connectivity index (χ3n) is 4.74. The van der Waals surface area contributed by atoms with Gasteiger partial charge in [-0.25, -0.2) is 0 Å². The predicted molar refractivity (Wildman–Crippen MR) is 104 cm³/mol. The van der Waals surface area contributed by atoms with Gasteiger partial charge >= 0.3 is 0 Å². The minimum Gasteiger partial charge on any atom is -0.507 e. The Kier molecular flexibility index (Phi) is 5.74. The minimum absolute atomic E-state index is 0.104. The van der Waals surface area contributed by atoms with Crippen LogP contribution < -0.4 is 9.47 Å². The largest absolute Gasteiger partial charge is 0.507 e. The summed E-state index contributed by atoms with van der Waals surface area (Å²) in [5.41, 5.74) is 0.628. The van der Waals surface area contributed by atoms with Gasteiger partial charge in [-0.05, 0) is 29.8 Å². The van der Waals surface area contributed by atoms with Crippen LogP contribution in [0.2, 0.25) is 0 Å². The predicted octanol–water partition coefficient (Wildman–Crippen LogP) is 1.82. The number of aliphatic hydroxyl groups excluding tert-OH is 2. The summed E-state index contributed by atoms with van der Waals surface area (Å²) in [6.45, 7) is -0.467. The van der Waals surface area contributed by atoms with Gasteiger partial charge in [-0.3, -0.25) is 9.59 Å². The molecule has 3 N–H and O–H groups in total. The van der Waals surface area contributed by atoms with Crippen molar-refractivity contribution in [2.75, 3.05) is 27.4 Å². The van der Waals surface area contributed by atoms with E-state index in [2.05, 4.69) is 0 Å². The molecule has 1 fully saturated rings. The van der Waals surface area contributed by atoms with Gasteiger partial charge in [0.2, 0.25) is 0 Å². The number of benzene rings is 2. The summed E-state index contributed by atoms with van der Waals surface area (Å²) in [5.74, 6) is -1.54. The summed E-state index contributed by atoms with van der Waals surface area (Å²) < 4.78 is 10.3. The lowest BCUT2D eigenvalue weighted by molar-refractivity contribution is -0.140. The van der Waals surface area contributed by atoms with Crippen LogP contribution in [0.15, 0.2) is 48.0 Å². The quantitative estimate of drug-likeness (QED) is 0.385. The molecular formula is C21H21NO7. The van der Waals surface area contributed by atoms with E-state index in [0.29, 0.717) is 16.9 Å². The molecule has 0 spiro atoms. The fraction of sp³-hybridized carbons (Fsp3) is 0.238. The van der Waals surface area contributed by atoms with Crippen LogP contribution in [0.5, 0.6) is 17.2 Å². The fourth-order valence-electron chi connectivity index (χ4n) is 3.36. The molecule has 1 unspecified atom stereocenters. The Hall–Kier alpha value is -3.52. The van der Waals surface area contributed by atoms with Crippen LogP contribution in [-0.2, 0) is 9.59 Å². The normalized spacial score (nSPS) is 18.2. The molecule has 1 saturated heterocycles. The van der Waals surface area contributed by atoms with Crippen molar-refractivity contribution in [3.8, 4) is 17.2 Å². The molecule has 152 valence electrons. The molecule has 1 heterocycles. The maximum Gasteiger partial charge on any atom is 0.295 e. The monoisotopic (exact) mass is 399 g/mol. The third kappa shape index (κ3) is 3.62. The number of Topliss-reactive ketones (excluding diaryl/α,β-unsaturated/α-hetero) is 1. The Morgan fingerprint density at radius 3 is 2.52 bits per heavy atom. The van der Waals surface area contributed by atoms with Crippen molar-refractivity contribution < 1.29 is 34.4 Å². The minimum atomic E-state index is -0.956. The summed E-state index contributed by atoms with van der Waals surface area (Å²) >= 11 is 0. The summed E-state index contributed by atoms with van der Waals surface area (Å²) in [6, 6.07) is 9.89. The van der Waals surface area contributed by atoms with E-state index in [1.165, 1.54) is 37.3 Å². The number of aromatic hydroxyl groups is 1. The van der Waals surface area contributed by atoms with Crippen molar-refractivity contribution in [1.29, 1.82) is 0 Å². The lowest BCUT2D eigenvalue weighted by Gasteiger charge is -2.25. The number of hydrogen-bond donors (Lipinski definition) is 3. The Bertz CT molecular complexity index is 983. The molecule has 1 aliphatic rings. The topological polar surface area (TPSA) is 117 Å². The van der Waals surface area contributed by atoms with Gasteiger partial charge in [0.25, 0.3) is 11.7 Å². The number of aliphatic hydroxyl groups is 2. The molecule has 3 rings (SSSR count). The van der Waals surface area contributed by atoms with Gasteiger partial charge in [0.05, 0.1) is 32.4 Å². The van der Waals surface area contributed by atoms with Crippen molar-refractivity contribution in [2.24, 2.45) is 0 Å². The van der Waals surface area contributed by atoms with Gasteiger partial charge < -0.3 is 29.7 Å². The van der Waals surface area contributed by atoms with Gasteiger partial charge in [-0.15, -0.1) is 0 Å². The van der Waals surface area contributed by atoms with Crippen LogP contribution in [-0.4, -0.2) is 59.3 Å². The summed E-state index contributed by atoms with van der Waals surface area (Å²) in [7, 11) is 2.85. The van der Waals surface area contributed by atoms with Crippen LogP contribution in [0.4, 0.5) is 0 Å². The Balaban J connectivity index is 2.21. The second-order valence-corrected chi connectivity index (χ2v) is 6.38. The smallest absolute Gasteiger partial charge is 0.295 e. The van der Waals surface area contributed by atoms with Gasteiger partial charge in [-0.1, -0.05) is 18.2 Å². The molecule has 0 aromatic heterocycles. The van der Waals surface area contributed by atoms with Gasteiger partial charge in [0, 0.05) is 12.1 Å². The SMILES string of the molecule is COc1cccc(/C(O)=C2/C(=O)C(=O)N(CCO)C2c2ccc(O)c(OC)c2)c1. The van der Waals surface area contributed by atoms with Gasteiger partial charge in [0.15, 0.2) is 11.5 Å². The second kappa shape index (κ2) is 8.24. The number of phenols is 1. The first-order valence-corrected chi connectivity index (χ1v) is 8.83. The Morgan fingerprint density at radius 1 is 1.10 bits per heavy atom. The number of hydrogen-bond acceptors (Lipinski definition) is 7. The molecule has 0 radical (unpaired) electrons. The van der Waals surface area contributed by atoms with Crippen molar-refractivity contribution in [3.63, 3.8) is 0 Å². The Morgan fingerprint density at radius 2 is 1.86 bits per heavy atom. The highest BCUT2D eigenvalue weighted by Crippen LogP contribution is 2.41. The van der Waals surface area contributed by atoms with Crippen molar-refractivity contribution in [1.82, 2.24) is 4.90 Å². The summed E-state index contributed by atoms with van der Waals surface area (Å²) in [6.07, 6.45) is 0. The highest BCUT2D eigenvalue weighted by atomic mass is 16.5. The van der Waals surface area contributed by atoms with E-state index in [1.807, 2.05) is 0 Å². The van der Waals surface area contributed by atoms with Gasteiger partial charge in [-0.2, -0.15) is 0 Å². The first-order valence-electron chi connectivity index (χ1n) is 8.83. The number of methoxy groups -OCH3 is 2. The first-order chi connectivity index (χ1) is 13.9. The number of ether oxygens (including phenoxy) is 2. The van der Waals surface area contributed by atoms with Gasteiger partial charge in [0.1, 0.15) is 11.5 Å². The fourth-order valence-corrected chi connectivity index (χ4v) is 3.36. The van der Waals surface area contributed by atoms with E-state index < -0.39 is 17.7 Å². The zero-order valence-corrected chi connectivity index (χ0v) is 16.0. The molecule has 1 amide bonds. The van der Waals surface area contributed by atoms with Crippen molar-refractivity contribution in [2.45, 2.75) is 6.04 Å². The zero-order valence-electron chi connectivity index (χ0n) is 16.0. The first kappa shape index (κ1) is 20.2. The number of carbonyl (C=O) groups is 2. The molecule has 1 aliphatic heterocycles. The van der Waals surface area contributed by atoms with Crippen LogP contribution in [0.3, 0.4) is 0 Å². The molecule has 0 bridgehead atoms. The van der Waals surface area contributed by atoms with E-state index in [9.17, 15) is 24.9 Å². The highest BCUT2D eigenvalue weighted by Gasteiger charge is 2.46. The molecule has 2 aromatic carbocycles. The van der Waals surface area contributed by atoms with E-state index in [0.717, 1.165) is 0 Å². The second-order valence-electron chi connectivity index (χ2n) is 6.38. The molecule has 0 saturated carbocycles. The molecule has 1 atom stereocenters. The third-order valence-corrected chi connectivity index (χ3v) is 4.74. The molecular weight excluding hydrogens is 378 g/mol. The number of β-amino-alcohol motifs (C(OH)–C–C–N with tert-alkyl or cyclic N) is 1.